The molecule has 1 aliphatic rings. The highest BCUT2D eigenvalue weighted by Gasteiger charge is 2.32. The molecule has 0 atom stereocenters. The van der Waals surface area contributed by atoms with Crippen molar-refractivity contribution in [1.82, 2.24) is 0 Å². The number of fused-ring (bicyclic) bond motifs is 1. The van der Waals surface area contributed by atoms with Gasteiger partial charge in [-0.25, -0.2) is 0 Å². The van der Waals surface area contributed by atoms with Gasteiger partial charge in [0.2, 0.25) is 0 Å². The lowest BCUT2D eigenvalue weighted by Crippen LogP contribution is -2.30. The highest BCUT2D eigenvalue weighted by atomic mass is 16.3. The first-order valence-corrected chi connectivity index (χ1v) is 7.25. The van der Waals surface area contributed by atoms with E-state index in [9.17, 15) is 4.79 Å². The normalized spacial score (nSPS) is 16.1. The molecule has 0 saturated heterocycles. The summed E-state index contributed by atoms with van der Waals surface area (Å²) in [7, 11) is 0. The Hall–Kier alpha value is -2.29. The second-order valence-electron chi connectivity index (χ2n) is 5.83. The summed E-state index contributed by atoms with van der Waals surface area (Å²) in [6.45, 7) is 6.86. The summed E-state index contributed by atoms with van der Waals surface area (Å²) in [5.41, 5.74) is 2.68. The number of para-hydroxylation sites is 1. The molecular weight excluding hydrogens is 262 g/mol. The third kappa shape index (κ3) is 2.51. The Balaban J connectivity index is 2.06. The molecule has 3 heteroatoms. The Labute approximate surface area is 124 Å². The first-order chi connectivity index (χ1) is 10.1. The highest BCUT2D eigenvalue weighted by molar-refractivity contribution is 6.35. The van der Waals surface area contributed by atoms with Gasteiger partial charge in [0.15, 0.2) is 0 Å². The molecule has 0 unspecified atom stereocenters. The van der Waals surface area contributed by atoms with Gasteiger partial charge < -0.3 is 9.32 Å². The van der Waals surface area contributed by atoms with Crippen LogP contribution < -0.4 is 4.90 Å². The van der Waals surface area contributed by atoms with E-state index in [4.69, 9.17) is 4.42 Å². The monoisotopic (exact) mass is 281 g/mol. The minimum absolute atomic E-state index is 0.0546. The summed E-state index contributed by atoms with van der Waals surface area (Å²) in [5, 5.41) is 0. The van der Waals surface area contributed by atoms with Gasteiger partial charge in [0.05, 0.1) is 11.3 Å². The molecule has 0 bridgehead atoms. The minimum Gasteiger partial charge on any atom is -0.462 e. The molecule has 1 amide bonds. The number of carbonyl (C=O) groups is 1. The van der Waals surface area contributed by atoms with E-state index < -0.39 is 0 Å². The maximum atomic E-state index is 12.7. The smallest absolute Gasteiger partial charge is 0.259 e. The SMILES string of the molecule is Cc1ccc(/C=C2\C(=O)N(CC(C)C)c3ccccc32)o1. The average molecular weight is 281 g/mol. The van der Waals surface area contributed by atoms with E-state index in [0.29, 0.717) is 11.5 Å². The zero-order valence-corrected chi connectivity index (χ0v) is 12.6. The molecule has 0 N–H and O–H groups in total. The fourth-order valence-corrected chi connectivity index (χ4v) is 2.67. The van der Waals surface area contributed by atoms with Gasteiger partial charge in [0.25, 0.3) is 5.91 Å². The van der Waals surface area contributed by atoms with E-state index in [0.717, 1.165) is 29.3 Å². The van der Waals surface area contributed by atoms with Crippen LogP contribution >= 0.6 is 0 Å². The van der Waals surface area contributed by atoms with Crippen molar-refractivity contribution in [3.8, 4) is 0 Å². The molecule has 2 aromatic rings. The van der Waals surface area contributed by atoms with Crippen LogP contribution in [0.25, 0.3) is 11.6 Å². The quantitative estimate of drug-likeness (QED) is 0.792. The predicted octanol–water partition coefficient (Wildman–Crippen LogP) is 4.13. The van der Waals surface area contributed by atoms with E-state index in [-0.39, 0.29) is 5.91 Å². The van der Waals surface area contributed by atoms with Gasteiger partial charge in [-0.05, 0) is 37.1 Å². The van der Waals surface area contributed by atoms with Crippen molar-refractivity contribution in [2.24, 2.45) is 5.92 Å². The fourth-order valence-electron chi connectivity index (χ4n) is 2.67. The van der Waals surface area contributed by atoms with Crippen LogP contribution in [0.4, 0.5) is 5.69 Å². The number of hydrogen-bond acceptors (Lipinski definition) is 2. The number of hydrogen-bond donors (Lipinski definition) is 0. The molecule has 2 heterocycles. The maximum Gasteiger partial charge on any atom is 0.259 e. The summed E-state index contributed by atoms with van der Waals surface area (Å²) in [6.07, 6.45) is 1.84. The lowest BCUT2D eigenvalue weighted by Gasteiger charge is -2.19. The van der Waals surface area contributed by atoms with Crippen molar-refractivity contribution in [2.75, 3.05) is 11.4 Å². The number of anilines is 1. The molecule has 108 valence electrons. The summed E-state index contributed by atoms with van der Waals surface area (Å²) >= 11 is 0. The van der Waals surface area contributed by atoms with Gasteiger partial charge in [-0.1, -0.05) is 32.0 Å². The van der Waals surface area contributed by atoms with Crippen LogP contribution in [0.15, 0.2) is 40.8 Å². The van der Waals surface area contributed by atoms with Crippen LogP contribution in [0.1, 0.15) is 30.9 Å². The molecule has 3 nitrogen and oxygen atoms in total. The third-order valence-electron chi connectivity index (χ3n) is 3.56. The Bertz CT molecular complexity index is 710. The first kappa shape index (κ1) is 13.7. The van der Waals surface area contributed by atoms with Crippen molar-refractivity contribution < 1.29 is 9.21 Å². The van der Waals surface area contributed by atoms with E-state index in [2.05, 4.69) is 13.8 Å². The summed E-state index contributed by atoms with van der Waals surface area (Å²) in [6, 6.07) is 11.7. The molecule has 21 heavy (non-hydrogen) atoms. The highest BCUT2D eigenvalue weighted by Crippen LogP contribution is 2.38. The molecule has 3 rings (SSSR count). The average Bonchev–Trinajstić information content (AvgIpc) is 2.96. The van der Waals surface area contributed by atoms with Gasteiger partial charge in [-0.2, -0.15) is 0 Å². The van der Waals surface area contributed by atoms with Gasteiger partial charge in [-0.3, -0.25) is 4.79 Å². The Morgan fingerprint density at radius 3 is 2.62 bits per heavy atom. The number of aryl methyl sites for hydroxylation is 1. The zero-order chi connectivity index (χ0) is 15.0. The molecule has 0 spiro atoms. The zero-order valence-electron chi connectivity index (χ0n) is 12.6. The van der Waals surface area contributed by atoms with Crippen molar-refractivity contribution in [3.63, 3.8) is 0 Å². The molecule has 0 saturated carbocycles. The van der Waals surface area contributed by atoms with E-state index in [1.807, 2.05) is 54.3 Å². The molecule has 1 aromatic heterocycles. The molecule has 1 aliphatic heterocycles. The van der Waals surface area contributed by atoms with Crippen LogP contribution in [0, 0.1) is 12.8 Å². The lowest BCUT2D eigenvalue weighted by molar-refractivity contribution is -0.113. The molecule has 0 fully saturated rings. The summed E-state index contributed by atoms with van der Waals surface area (Å²) in [5.74, 6) is 2.04. The third-order valence-corrected chi connectivity index (χ3v) is 3.56. The molecule has 1 aromatic carbocycles. The summed E-state index contributed by atoms with van der Waals surface area (Å²) in [4.78, 5) is 14.6. The van der Waals surface area contributed by atoms with Crippen molar-refractivity contribution >= 4 is 23.2 Å². The second kappa shape index (κ2) is 5.24. The first-order valence-electron chi connectivity index (χ1n) is 7.25. The van der Waals surface area contributed by atoms with Gasteiger partial charge in [0.1, 0.15) is 11.5 Å². The number of amides is 1. The van der Waals surface area contributed by atoms with Crippen LogP contribution in [-0.2, 0) is 4.79 Å². The topological polar surface area (TPSA) is 33.5 Å². The number of furan rings is 1. The minimum atomic E-state index is 0.0546. The standard InChI is InChI=1S/C18H19NO2/c1-12(2)11-19-17-7-5-4-6-15(17)16(18(19)20)10-14-9-8-13(3)21-14/h4-10,12H,11H2,1-3H3/b16-10-. The molecular formula is C18H19NO2. The largest absolute Gasteiger partial charge is 0.462 e. The Kier molecular flexibility index (Phi) is 3.42. The number of benzene rings is 1. The van der Waals surface area contributed by atoms with E-state index in [1.54, 1.807) is 0 Å². The predicted molar refractivity (Wildman–Crippen MR) is 84.9 cm³/mol. The van der Waals surface area contributed by atoms with E-state index >= 15 is 0 Å². The lowest BCUT2D eigenvalue weighted by atomic mass is 10.1. The molecule has 0 aliphatic carbocycles. The number of nitrogens with zero attached hydrogens (tertiary/aromatic N) is 1. The number of carbonyl (C=O) groups excluding carboxylic acids is 1. The van der Waals surface area contributed by atoms with Gasteiger partial charge in [0, 0.05) is 12.1 Å². The number of rotatable bonds is 3. The van der Waals surface area contributed by atoms with Crippen LogP contribution in [-0.4, -0.2) is 12.5 Å². The fraction of sp³-hybridized carbons (Fsp3) is 0.278. The van der Waals surface area contributed by atoms with Crippen LogP contribution in [0.5, 0.6) is 0 Å². The van der Waals surface area contributed by atoms with Gasteiger partial charge >= 0.3 is 0 Å². The molecule has 0 radical (unpaired) electrons. The van der Waals surface area contributed by atoms with E-state index in [1.165, 1.54) is 0 Å². The second-order valence-corrected chi connectivity index (χ2v) is 5.83. The van der Waals surface area contributed by atoms with Crippen molar-refractivity contribution in [1.29, 1.82) is 0 Å². The Morgan fingerprint density at radius 1 is 1.19 bits per heavy atom. The maximum absolute atomic E-state index is 12.7. The van der Waals surface area contributed by atoms with Gasteiger partial charge in [-0.15, -0.1) is 0 Å². The van der Waals surface area contributed by atoms with Crippen LogP contribution in [0.2, 0.25) is 0 Å². The van der Waals surface area contributed by atoms with Crippen LogP contribution in [0.3, 0.4) is 0 Å². The summed E-state index contributed by atoms with van der Waals surface area (Å²) < 4.78 is 5.58. The van der Waals surface area contributed by atoms with Crippen molar-refractivity contribution in [2.45, 2.75) is 20.8 Å². The van der Waals surface area contributed by atoms with Crippen molar-refractivity contribution in [3.05, 3.63) is 53.5 Å². The Morgan fingerprint density at radius 2 is 1.95 bits per heavy atom.